The summed E-state index contributed by atoms with van der Waals surface area (Å²) < 4.78 is 1.43. The molecule has 1 saturated heterocycles. The van der Waals surface area contributed by atoms with Crippen LogP contribution in [0.25, 0.3) is 5.69 Å². The largest absolute Gasteiger partial charge is 0.481 e. The van der Waals surface area contributed by atoms with Crippen LogP contribution in [-0.2, 0) is 4.79 Å². The highest BCUT2D eigenvalue weighted by molar-refractivity contribution is 6.32. The molecular weight excluding hydrogens is 320 g/mol. The highest BCUT2D eigenvalue weighted by Gasteiger charge is 2.42. The fourth-order valence-electron chi connectivity index (χ4n) is 2.59. The van der Waals surface area contributed by atoms with Gasteiger partial charge in [0.15, 0.2) is 5.69 Å². The monoisotopic (exact) mass is 334 g/mol. The minimum Gasteiger partial charge on any atom is -0.481 e. The topological polar surface area (TPSA) is 88.3 Å². The Kier molecular flexibility index (Phi) is 3.81. The molecule has 1 aromatic carbocycles. The molecule has 0 radical (unpaired) electrons. The van der Waals surface area contributed by atoms with Crippen LogP contribution in [-0.4, -0.2) is 50.0 Å². The predicted molar refractivity (Wildman–Crippen MR) is 82.6 cm³/mol. The fraction of sp³-hybridized carbons (Fsp3) is 0.333. The first-order valence-corrected chi connectivity index (χ1v) is 7.48. The quantitative estimate of drug-likeness (QED) is 0.925. The van der Waals surface area contributed by atoms with Crippen molar-refractivity contribution >= 4 is 23.5 Å². The second kappa shape index (κ2) is 5.66. The maximum Gasteiger partial charge on any atom is 0.311 e. The van der Waals surface area contributed by atoms with E-state index < -0.39 is 11.4 Å². The number of nitrogens with zero attached hydrogens (tertiary/aromatic N) is 4. The Labute approximate surface area is 137 Å². The average molecular weight is 335 g/mol. The highest BCUT2D eigenvalue weighted by Crippen LogP contribution is 2.30. The van der Waals surface area contributed by atoms with E-state index in [9.17, 15) is 14.7 Å². The van der Waals surface area contributed by atoms with Crippen LogP contribution < -0.4 is 0 Å². The molecule has 0 spiro atoms. The lowest BCUT2D eigenvalue weighted by Crippen LogP contribution is -2.35. The lowest BCUT2D eigenvalue weighted by Gasteiger charge is -2.19. The third-order valence-electron chi connectivity index (χ3n) is 4.09. The standard InChI is InChI=1S/C15H15ClN4O3/c1-15(14(22)23)6-7-19(9-15)13(21)11-8-20(18-17-11)12-5-3-2-4-10(12)16/h2-5,8H,6-7,9H2,1H3,(H,22,23)/t15-/m1/s1. The number of carboxylic acid groups (broad SMARTS) is 1. The average Bonchev–Trinajstić information content (AvgIpc) is 3.15. The van der Waals surface area contributed by atoms with E-state index in [1.54, 1.807) is 25.1 Å². The van der Waals surface area contributed by atoms with Gasteiger partial charge in [-0.2, -0.15) is 0 Å². The second-order valence-electron chi connectivity index (χ2n) is 5.84. The van der Waals surface area contributed by atoms with Crippen LogP contribution in [0.5, 0.6) is 0 Å². The Bertz CT molecular complexity index is 776. The van der Waals surface area contributed by atoms with E-state index in [4.69, 9.17) is 11.6 Å². The number of aliphatic carboxylic acids is 1. The summed E-state index contributed by atoms with van der Waals surface area (Å²) >= 11 is 6.10. The number of rotatable bonds is 3. The minimum atomic E-state index is -0.908. The van der Waals surface area contributed by atoms with E-state index in [1.165, 1.54) is 15.8 Å². The normalized spacial score (nSPS) is 20.7. The van der Waals surface area contributed by atoms with Crippen molar-refractivity contribution in [3.8, 4) is 5.69 Å². The number of para-hydroxylation sites is 1. The summed E-state index contributed by atoms with van der Waals surface area (Å²) in [5.74, 6) is -1.22. The predicted octanol–water partition coefficient (Wildman–Crippen LogP) is 1.86. The summed E-state index contributed by atoms with van der Waals surface area (Å²) in [4.78, 5) is 25.2. The van der Waals surface area contributed by atoms with Crippen LogP contribution in [0.15, 0.2) is 30.5 Å². The molecule has 8 heteroatoms. The van der Waals surface area contributed by atoms with Crippen molar-refractivity contribution in [1.82, 2.24) is 19.9 Å². The van der Waals surface area contributed by atoms with Crippen molar-refractivity contribution in [1.29, 1.82) is 0 Å². The van der Waals surface area contributed by atoms with Gasteiger partial charge in [0.2, 0.25) is 0 Å². The van der Waals surface area contributed by atoms with Gasteiger partial charge in [0.05, 0.1) is 22.3 Å². The van der Waals surface area contributed by atoms with Crippen molar-refractivity contribution in [3.05, 3.63) is 41.2 Å². The van der Waals surface area contributed by atoms with Gasteiger partial charge in [-0.1, -0.05) is 28.9 Å². The molecule has 0 bridgehead atoms. The van der Waals surface area contributed by atoms with Gasteiger partial charge in [0, 0.05) is 13.1 Å². The van der Waals surface area contributed by atoms with Crippen LogP contribution in [0.4, 0.5) is 0 Å². The molecule has 0 aliphatic carbocycles. The third kappa shape index (κ3) is 2.79. The zero-order chi connectivity index (χ0) is 16.6. The van der Waals surface area contributed by atoms with Crippen molar-refractivity contribution in [2.75, 3.05) is 13.1 Å². The van der Waals surface area contributed by atoms with Gasteiger partial charge in [-0.3, -0.25) is 9.59 Å². The highest BCUT2D eigenvalue weighted by atomic mass is 35.5. The minimum absolute atomic E-state index is 0.166. The fourth-order valence-corrected chi connectivity index (χ4v) is 2.81. The summed E-state index contributed by atoms with van der Waals surface area (Å²) in [5.41, 5.74) is -0.119. The molecule has 120 valence electrons. The van der Waals surface area contributed by atoms with Gasteiger partial charge in [-0.25, -0.2) is 4.68 Å². The van der Waals surface area contributed by atoms with E-state index in [1.807, 2.05) is 6.07 Å². The van der Waals surface area contributed by atoms with Crippen molar-refractivity contribution in [2.45, 2.75) is 13.3 Å². The number of aromatic nitrogens is 3. The van der Waals surface area contributed by atoms with Gasteiger partial charge in [0.25, 0.3) is 5.91 Å². The molecule has 1 N–H and O–H groups in total. The Morgan fingerprint density at radius 2 is 2.09 bits per heavy atom. The van der Waals surface area contributed by atoms with Gasteiger partial charge < -0.3 is 10.0 Å². The van der Waals surface area contributed by atoms with E-state index in [0.29, 0.717) is 23.7 Å². The first kappa shape index (κ1) is 15.5. The Balaban J connectivity index is 1.80. The number of likely N-dealkylation sites (tertiary alicyclic amines) is 1. The molecule has 0 saturated carbocycles. The van der Waals surface area contributed by atoms with Crippen LogP contribution >= 0.6 is 11.6 Å². The molecule has 1 aromatic heterocycles. The van der Waals surface area contributed by atoms with Crippen LogP contribution in [0.2, 0.25) is 5.02 Å². The first-order valence-electron chi connectivity index (χ1n) is 7.11. The van der Waals surface area contributed by atoms with E-state index in [0.717, 1.165) is 0 Å². The molecule has 1 aliphatic heterocycles. The second-order valence-corrected chi connectivity index (χ2v) is 6.25. The molecule has 1 amide bonds. The van der Waals surface area contributed by atoms with Gasteiger partial charge >= 0.3 is 5.97 Å². The number of halogens is 1. The smallest absolute Gasteiger partial charge is 0.311 e. The molecule has 0 unspecified atom stereocenters. The zero-order valence-corrected chi connectivity index (χ0v) is 13.2. The molecular formula is C15H15ClN4O3. The number of hydrogen-bond acceptors (Lipinski definition) is 4. The molecule has 1 aliphatic rings. The van der Waals surface area contributed by atoms with Crippen molar-refractivity contribution in [2.24, 2.45) is 5.41 Å². The molecule has 3 rings (SSSR count). The number of carbonyl (C=O) groups is 2. The lowest BCUT2D eigenvalue weighted by molar-refractivity contribution is -0.147. The number of carboxylic acids is 1. The molecule has 2 heterocycles. The van der Waals surface area contributed by atoms with Crippen molar-refractivity contribution in [3.63, 3.8) is 0 Å². The lowest BCUT2D eigenvalue weighted by atomic mass is 9.90. The van der Waals surface area contributed by atoms with E-state index in [-0.39, 0.29) is 18.1 Å². The first-order chi connectivity index (χ1) is 10.9. The maximum atomic E-state index is 12.5. The van der Waals surface area contributed by atoms with Gasteiger partial charge in [0.1, 0.15) is 0 Å². The molecule has 2 aromatic rings. The molecule has 23 heavy (non-hydrogen) atoms. The molecule has 7 nitrogen and oxygen atoms in total. The Morgan fingerprint density at radius 3 is 2.74 bits per heavy atom. The number of hydrogen-bond donors (Lipinski definition) is 1. The summed E-state index contributed by atoms with van der Waals surface area (Å²) in [6.45, 7) is 2.20. The van der Waals surface area contributed by atoms with Crippen LogP contribution in [0, 0.1) is 5.41 Å². The number of amides is 1. The molecule has 1 atom stereocenters. The zero-order valence-electron chi connectivity index (χ0n) is 12.4. The summed E-state index contributed by atoms with van der Waals surface area (Å²) in [7, 11) is 0. The maximum absolute atomic E-state index is 12.5. The summed E-state index contributed by atoms with van der Waals surface area (Å²) in [6.07, 6.45) is 1.92. The van der Waals surface area contributed by atoms with Crippen LogP contribution in [0.3, 0.4) is 0 Å². The summed E-state index contributed by atoms with van der Waals surface area (Å²) in [5, 5.41) is 17.6. The molecule has 1 fully saturated rings. The van der Waals surface area contributed by atoms with Crippen molar-refractivity contribution < 1.29 is 14.7 Å². The third-order valence-corrected chi connectivity index (χ3v) is 4.41. The van der Waals surface area contributed by atoms with Gasteiger partial charge in [-0.05, 0) is 25.5 Å². The summed E-state index contributed by atoms with van der Waals surface area (Å²) in [6, 6.07) is 7.09. The van der Waals surface area contributed by atoms with Gasteiger partial charge in [-0.15, -0.1) is 5.10 Å². The number of benzene rings is 1. The van der Waals surface area contributed by atoms with E-state index >= 15 is 0 Å². The van der Waals surface area contributed by atoms with Crippen LogP contribution in [0.1, 0.15) is 23.8 Å². The Morgan fingerprint density at radius 1 is 1.35 bits per heavy atom. The SMILES string of the molecule is C[C@@]1(C(=O)O)CCN(C(=O)c2cn(-c3ccccc3Cl)nn2)C1. The number of carbonyl (C=O) groups excluding carboxylic acids is 1. The Hall–Kier alpha value is -2.41. The van der Waals surface area contributed by atoms with E-state index in [2.05, 4.69) is 10.3 Å².